The first-order valence-electron chi connectivity index (χ1n) is 8.86. The molecule has 0 spiro atoms. The molecule has 2 saturated carbocycles. The average Bonchev–Trinajstić information content (AvgIpc) is 2.97. The van der Waals surface area contributed by atoms with Crippen molar-refractivity contribution >= 4 is 11.9 Å². The first-order valence-corrected chi connectivity index (χ1v) is 8.86. The third-order valence-corrected chi connectivity index (χ3v) is 5.05. The number of hydrogen-bond acceptors (Lipinski definition) is 4. The van der Waals surface area contributed by atoms with E-state index in [4.69, 9.17) is 9.47 Å². The number of ether oxygens (including phenoxy) is 2. The highest BCUT2D eigenvalue weighted by molar-refractivity contribution is 5.99. The number of esters is 1. The summed E-state index contributed by atoms with van der Waals surface area (Å²) in [5.41, 5.74) is -1.76. The van der Waals surface area contributed by atoms with Gasteiger partial charge in [-0.1, -0.05) is 52.9 Å². The van der Waals surface area contributed by atoms with Crippen LogP contribution < -0.4 is 0 Å². The Morgan fingerprint density at radius 3 is 2.09 bits per heavy atom. The highest BCUT2D eigenvalue weighted by atomic mass is 16.7. The Hall–Kier alpha value is -1.10. The van der Waals surface area contributed by atoms with E-state index in [1.165, 1.54) is 6.42 Å². The van der Waals surface area contributed by atoms with Gasteiger partial charge in [0.1, 0.15) is 0 Å². The van der Waals surface area contributed by atoms with Crippen LogP contribution in [0.3, 0.4) is 0 Å². The van der Waals surface area contributed by atoms with Gasteiger partial charge in [-0.05, 0) is 25.7 Å². The molecule has 5 heteroatoms. The summed E-state index contributed by atoms with van der Waals surface area (Å²) in [6.45, 7) is 5.86. The number of aliphatic carboxylic acids is 1. The zero-order chi connectivity index (χ0) is 17.1. The Bertz CT molecular complexity index is 425. The molecule has 2 aliphatic rings. The Morgan fingerprint density at radius 1 is 1.04 bits per heavy atom. The molecule has 132 valence electrons. The summed E-state index contributed by atoms with van der Waals surface area (Å²) in [6.07, 6.45) is 7.09. The molecule has 2 aliphatic carbocycles. The summed E-state index contributed by atoms with van der Waals surface area (Å²) < 4.78 is 11.7. The van der Waals surface area contributed by atoms with Crippen molar-refractivity contribution in [3.05, 3.63) is 0 Å². The maximum Gasteiger partial charge on any atom is 0.325 e. The van der Waals surface area contributed by atoms with Crippen LogP contribution in [-0.4, -0.2) is 29.4 Å². The topological polar surface area (TPSA) is 72.8 Å². The smallest absolute Gasteiger partial charge is 0.325 e. The molecule has 0 heterocycles. The number of carbonyl (C=O) groups is 2. The molecule has 2 fully saturated rings. The molecule has 23 heavy (non-hydrogen) atoms. The number of carboxylic acids is 1. The van der Waals surface area contributed by atoms with Gasteiger partial charge in [0.15, 0.2) is 5.41 Å². The lowest BCUT2D eigenvalue weighted by atomic mass is 9.86. The van der Waals surface area contributed by atoms with Crippen LogP contribution in [0.2, 0.25) is 0 Å². The molecule has 2 rings (SSSR count). The predicted octanol–water partition coefficient (Wildman–Crippen LogP) is 3.90. The zero-order valence-corrected chi connectivity index (χ0v) is 14.6. The summed E-state index contributed by atoms with van der Waals surface area (Å²) >= 11 is 0. The standard InChI is InChI=1S/C18H30O5/c1-17(2,3)16(22-13-9-5-4-6-10-13)23-15(21)18(14(19)20)11-7-8-12-18/h13,16H,4-12H2,1-3H3,(H,19,20). The van der Waals surface area contributed by atoms with Gasteiger partial charge in [0, 0.05) is 5.41 Å². The van der Waals surface area contributed by atoms with Gasteiger partial charge in [0.05, 0.1) is 6.10 Å². The second-order valence-corrected chi connectivity index (χ2v) is 8.09. The van der Waals surface area contributed by atoms with Crippen molar-refractivity contribution < 1.29 is 24.2 Å². The van der Waals surface area contributed by atoms with Crippen molar-refractivity contribution in [1.82, 2.24) is 0 Å². The number of rotatable bonds is 5. The van der Waals surface area contributed by atoms with E-state index in [-0.39, 0.29) is 11.5 Å². The maximum absolute atomic E-state index is 12.6. The Morgan fingerprint density at radius 2 is 1.61 bits per heavy atom. The fourth-order valence-electron chi connectivity index (χ4n) is 3.48. The fourth-order valence-corrected chi connectivity index (χ4v) is 3.48. The van der Waals surface area contributed by atoms with Crippen LogP contribution >= 0.6 is 0 Å². The summed E-state index contributed by atoms with van der Waals surface area (Å²) in [5, 5.41) is 9.53. The number of carboxylic acid groups (broad SMARTS) is 1. The minimum Gasteiger partial charge on any atom is -0.480 e. The molecule has 0 saturated heterocycles. The van der Waals surface area contributed by atoms with Crippen LogP contribution in [-0.2, 0) is 19.1 Å². The molecule has 0 aromatic rings. The molecule has 0 radical (unpaired) electrons. The van der Waals surface area contributed by atoms with Crippen LogP contribution in [0.5, 0.6) is 0 Å². The van der Waals surface area contributed by atoms with E-state index >= 15 is 0 Å². The van der Waals surface area contributed by atoms with Crippen LogP contribution in [0.15, 0.2) is 0 Å². The second-order valence-electron chi connectivity index (χ2n) is 8.09. The molecule has 0 aromatic carbocycles. The molecule has 0 aliphatic heterocycles. The maximum atomic E-state index is 12.6. The van der Waals surface area contributed by atoms with Crippen molar-refractivity contribution in [2.75, 3.05) is 0 Å². The van der Waals surface area contributed by atoms with Crippen molar-refractivity contribution in [2.24, 2.45) is 10.8 Å². The van der Waals surface area contributed by atoms with Crippen LogP contribution in [0.1, 0.15) is 78.6 Å². The third-order valence-electron chi connectivity index (χ3n) is 5.05. The van der Waals surface area contributed by atoms with E-state index in [0.717, 1.165) is 38.5 Å². The molecule has 1 N–H and O–H groups in total. The van der Waals surface area contributed by atoms with E-state index in [0.29, 0.717) is 12.8 Å². The fraction of sp³-hybridized carbons (Fsp3) is 0.889. The molecular formula is C18H30O5. The van der Waals surface area contributed by atoms with Crippen LogP contribution in [0.4, 0.5) is 0 Å². The van der Waals surface area contributed by atoms with E-state index < -0.39 is 23.6 Å². The third kappa shape index (κ3) is 4.25. The molecule has 0 bridgehead atoms. The Labute approximate surface area is 138 Å². The quantitative estimate of drug-likeness (QED) is 0.471. The highest BCUT2D eigenvalue weighted by Crippen LogP contribution is 2.41. The van der Waals surface area contributed by atoms with Crippen molar-refractivity contribution in [1.29, 1.82) is 0 Å². The zero-order valence-electron chi connectivity index (χ0n) is 14.6. The molecule has 0 amide bonds. The molecular weight excluding hydrogens is 296 g/mol. The van der Waals surface area contributed by atoms with Gasteiger partial charge in [0.2, 0.25) is 6.29 Å². The second kappa shape index (κ2) is 7.20. The molecule has 1 atom stereocenters. The lowest BCUT2D eigenvalue weighted by molar-refractivity contribution is -0.230. The lowest BCUT2D eigenvalue weighted by Gasteiger charge is -2.36. The minimum atomic E-state index is -1.38. The first-order chi connectivity index (χ1) is 10.8. The normalized spacial score (nSPS) is 23.4. The number of hydrogen-bond donors (Lipinski definition) is 1. The van der Waals surface area contributed by atoms with Gasteiger partial charge in [0.25, 0.3) is 0 Å². The number of carbonyl (C=O) groups excluding carboxylic acids is 1. The summed E-state index contributed by atoms with van der Waals surface area (Å²) in [5.74, 6) is -1.69. The van der Waals surface area contributed by atoms with Crippen molar-refractivity contribution in [3.8, 4) is 0 Å². The van der Waals surface area contributed by atoms with E-state index in [1.54, 1.807) is 0 Å². The highest BCUT2D eigenvalue weighted by Gasteiger charge is 2.51. The van der Waals surface area contributed by atoms with E-state index in [1.807, 2.05) is 20.8 Å². The summed E-state index contributed by atoms with van der Waals surface area (Å²) in [4.78, 5) is 24.3. The first kappa shape index (κ1) is 18.2. The van der Waals surface area contributed by atoms with E-state index in [2.05, 4.69) is 0 Å². The summed E-state index contributed by atoms with van der Waals surface area (Å²) in [6, 6.07) is 0. The molecule has 1 unspecified atom stereocenters. The monoisotopic (exact) mass is 326 g/mol. The van der Waals surface area contributed by atoms with Gasteiger partial charge in [-0.25, -0.2) is 0 Å². The van der Waals surface area contributed by atoms with Gasteiger partial charge in [-0.3, -0.25) is 9.59 Å². The molecule has 0 aromatic heterocycles. The van der Waals surface area contributed by atoms with Gasteiger partial charge < -0.3 is 14.6 Å². The van der Waals surface area contributed by atoms with Gasteiger partial charge in [-0.2, -0.15) is 0 Å². The van der Waals surface area contributed by atoms with E-state index in [9.17, 15) is 14.7 Å². The predicted molar refractivity (Wildman–Crippen MR) is 85.8 cm³/mol. The summed E-state index contributed by atoms with van der Waals surface area (Å²) in [7, 11) is 0. The van der Waals surface area contributed by atoms with Crippen LogP contribution in [0, 0.1) is 10.8 Å². The van der Waals surface area contributed by atoms with Gasteiger partial charge in [-0.15, -0.1) is 0 Å². The van der Waals surface area contributed by atoms with Crippen LogP contribution in [0.25, 0.3) is 0 Å². The average molecular weight is 326 g/mol. The Balaban J connectivity index is 2.07. The minimum absolute atomic E-state index is 0.102. The van der Waals surface area contributed by atoms with Crippen molar-refractivity contribution in [3.63, 3.8) is 0 Å². The van der Waals surface area contributed by atoms with Gasteiger partial charge >= 0.3 is 11.9 Å². The molecule has 5 nitrogen and oxygen atoms in total. The SMILES string of the molecule is CC(C)(C)C(OC(=O)C1(C(=O)O)CCCC1)OC1CCCCC1. The van der Waals surface area contributed by atoms with Crippen molar-refractivity contribution in [2.45, 2.75) is 91.0 Å². The Kier molecular flexibility index (Phi) is 5.71. The largest absolute Gasteiger partial charge is 0.480 e. The lowest BCUT2D eigenvalue weighted by Crippen LogP contribution is -2.44.